The van der Waals surface area contributed by atoms with Crippen LogP contribution < -0.4 is 5.32 Å². The van der Waals surface area contributed by atoms with Crippen molar-refractivity contribution in [3.05, 3.63) is 28.8 Å². The highest BCUT2D eigenvalue weighted by Crippen LogP contribution is 2.32. The first-order valence-corrected chi connectivity index (χ1v) is 6.99. The van der Waals surface area contributed by atoms with E-state index in [4.69, 9.17) is 0 Å². The van der Waals surface area contributed by atoms with Gasteiger partial charge in [0.15, 0.2) is 0 Å². The van der Waals surface area contributed by atoms with Crippen LogP contribution in [0.25, 0.3) is 0 Å². The minimum Gasteiger partial charge on any atom is -0.508 e. The number of hydrogen-bond acceptors (Lipinski definition) is 4. The number of halogens is 1. The van der Waals surface area contributed by atoms with Gasteiger partial charge in [0.2, 0.25) is 0 Å². The molecular formula is C15H25ClN2O2. The number of aryl methyl sites for hydroxylation is 2. The van der Waals surface area contributed by atoms with E-state index in [2.05, 4.69) is 10.2 Å². The molecular weight excluding hydrogens is 276 g/mol. The van der Waals surface area contributed by atoms with E-state index < -0.39 is 0 Å². The first kappa shape index (κ1) is 17.2. The number of aliphatic hydroxyl groups excluding tert-OH is 1. The SMILES string of the molecule is Cc1cc(O)cc(C)c1[C@@H](CCO)N1CCNCC1.Cl. The van der Waals surface area contributed by atoms with Crippen LogP contribution in [0.3, 0.4) is 0 Å². The number of phenolic OH excluding ortho intramolecular Hbond substituents is 1. The van der Waals surface area contributed by atoms with Gasteiger partial charge in [0, 0.05) is 38.8 Å². The van der Waals surface area contributed by atoms with Crippen LogP contribution in [0.4, 0.5) is 0 Å². The fourth-order valence-electron chi connectivity index (χ4n) is 3.10. The highest BCUT2D eigenvalue weighted by molar-refractivity contribution is 5.85. The van der Waals surface area contributed by atoms with Gasteiger partial charge in [-0.05, 0) is 49.1 Å². The molecule has 4 nitrogen and oxygen atoms in total. The number of hydrogen-bond donors (Lipinski definition) is 3. The Morgan fingerprint density at radius 3 is 2.25 bits per heavy atom. The predicted octanol–water partition coefficient (Wildman–Crippen LogP) is 1.76. The minimum atomic E-state index is 0. The zero-order valence-electron chi connectivity index (χ0n) is 12.2. The van der Waals surface area contributed by atoms with Crippen molar-refractivity contribution in [2.75, 3.05) is 32.8 Å². The molecule has 114 valence electrons. The van der Waals surface area contributed by atoms with E-state index in [9.17, 15) is 10.2 Å². The molecule has 2 rings (SSSR count). The van der Waals surface area contributed by atoms with Gasteiger partial charge in [0.1, 0.15) is 5.75 Å². The summed E-state index contributed by atoms with van der Waals surface area (Å²) in [6.07, 6.45) is 0.743. The highest BCUT2D eigenvalue weighted by Gasteiger charge is 2.24. The Bertz CT molecular complexity index is 411. The second-order valence-electron chi connectivity index (χ2n) is 5.31. The number of rotatable bonds is 4. The zero-order chi connectivity index (χ0) is 13.8. The van der Waals surface area contributed by atoms with Gasteiger partial charge < -0.3 is 15.5 Å². The van der Waals surface area contributed by atoms with Crippen LogP contribution >= 0.6 is 12.4 Å². The second-order valence-corrected chi connectivity index (χ2v) is 5.31. The molecule has 0 saturated carbocycles. The molecule has 0 spiro atoms. The van der Waals surface area contributed by atoms with Crippen molar-refractivity contribution in [3.8, 4) is 5.75 Å². The van der Waals surface area contributed by atoms with Gasteiger partial charge in [-0.15, -0.1) is 12.4 Å². The summed E-state index contributed by atoms with van der Waals surface area (Å²) < 4.78 is 0. The Morgan fingerprint density at radius 2 is 1.75 bits per heavy atom. The van der Waals surface area contributed by atoms with Gasteiger partial charge in [-0.25, -0.2) is 0 Å². The lowest BCUT2D eigenvalue weighted by Crippen LogP contribution is -2.45. The van der Waals surface area contributed by atoms with Gasteiger partial charge in [0.05, 0.1) is 0 Å². The van der Waals surface area contributed by atoms with Gasteiger partial charge in [0.25, 0.3) is 0 Å². The predicted molar refractivity (Wildman–Crippen MR) is 83.7 cm³/mol. The lowest BCUT2D eigenvalue weighted by molar-refractivity contribution is 0.140. The average molecular weight is 301 g/mol. The zero-order valence-corrected chi connectivity index (χ0v) is 13.0. The van der Waals surface area contributed by atoms with Crippen molar-refractivity contribution in [1.29, 1.82) is 0 Å². The van der Waals surface area contributed by atoms with E-state index in [1.165, 1.54) is 5.56 Å². The van der Waals surface area contributed by atoms with Crippen LogP contribution in [-0.2, 0) is 0 Å². The Hall–Kier alpha value is -0.810. The first-order chi connectivity index (χ1) is 9.13. The first-order valence-electron chi connectivity index (χ1n) is 6.99. The molecule has 1 aromatic rings. The second kappa shape index (κ2) is 7.84. The maximum absolute atomic E-state index is 9.67. The van der Waals surface area contributed by atoms with E-state index in [-0.39, 0.29) is 25.1 Å². The standard InChI is InChI=1S/C15H24N2O2.ClH/c1-11-9-13(19)10-12(2)15(11)14(3-8-18)17-6-4-16-5-7-17;/h9-10,14,16,18-19H,3-8H2,1-2H3;1H/t14-;/m1./s1. The molecule has 1 saturated heterocycles. The van der Waals surface area contributed by atoms with Crippen molar-refractivity contribution < 1.29 is 10.2 Å². The molecule has 0 aromatic heterocycles. The number of aliphatic hydroxyl groups is 1. The van der Waals surface area contributed by atoms with E-state index >= 15 is 0 Å². The molecule has 0 radical (unpaired) electrons. The highest BCUT2D eigenvalue weighted by atomic mass is 35.5. The van der Waals surface area contributed by atoms with E-state index in [0.29, 0.717) is 5.75 Å². The third kappa shape index (κ3) is 3.85. The van der Waals surface area contributed by atoms with Crippen LogP contribution in [0.2, 0.25) is 0 Å². The molecule has 5 heteroatoms. The summed E-state index contributed by atoms with van der Waals surface area (Å²) in [5.74, 6) is 0.321. The average Bonchev–Trinajstić information content (AvgIpc) is 2.37. The quantitative estimate of drug-likeness (QED) is 0.793. The molecule has 1 aromatic carbocycles. The minimum absolute atomic E-state index is 0. The van der Waals surface area contributed by atoms with Crippen LogP contribution in [0.15, 0.2) is 12.1 Å². The molecule has 0 unspecified atom stereocenters. The molecule has 1 heterocycles. The van der Waals surface area contributed by atoms with Gasteiger partial charge >= 0.3 is 0 Å². The van der Waals surface area contributed by atoms with Crippen molar-refractivity contribution in [2.45, 2.75) is 26.3 Å². The number of aromatic hydroxyl groups is 1. The summed E-state index contributed by atoms with van der Waals surface area (Å²) in [5.41, 5.74) is 3.47. The topological polar surface area (TPSA) is 55.7 Å². The summed E-state index contributed by atoms with van der Waals surface area (Å²) in [4.78, 5) is 2.43. The normalized spacial score (nSPS) is 17.6. The van der Waals surface area contributed by atoms with Crippen LogP contribution in [0.5, 0.6) is 5.75 Å². The third-order valence-corrected chi connectivity index (χ3v) is 3.91. The monoisotopic (exact) mass is 300 g/mol. The molecule has 1 fully saturated rings. The number of phenols is 1. The van der Waals surface area contributed by atoms with Crippen molar-refractivity contribution in [1.82, 2.24) is 10.2 Å². The van der Waals surface area contributed by atoms with Crippen LogP contribution in [0.1, 0.15) is 29.2 Å². The van der Waals surface area contributed by atoms with E-state index in [1.54, 1.807) is 0 Å². The van der Waals surface area contributed by atoms with Gasteiger partial charge in [-0.3, -0.25) is 4.90 Å². The Labute approximate surface area is 127 Å². The molecule has 1 aliphatic rings. The largest absolute Gasteiger partial charge is 0.508 e. The molecule has 0 amide bonds. The number of nitrogens with zero attached hydrogens (tertiary/aromatic N) is 1. The smallest absolute Gasteiger partial charge is 0.116 e. The summed E-state index contributed by atoms with van der Waals surface area (Å²) in [5, 5.41) is 22.4. The van der Waals surface area contributed by atoms with Crippen LogP contribution in [0, 0.1) is 13.8 Å². The number of nitrogens with one attached hydrogen (secondary N) is 1. The number of benzene rings is 1. The Kier molecular flexibility index (Phi) is 6.76. The summed E-state index contributed by atoms with van der Waals surface area (Å²) in [7, 11) is 0. The summed E-state index contributed by atoms with van der Waals surface area (Å²) in [6.45, 7) is 8.27. The van der Waals surface area contributed by atoms with Crippen molar-refractivity contribution in [2.24, 2.45) is 0 Å². The Morgan fingerprint density at radius 1 is 1.20 bits per heavy atom. The molecule has 0 aliphatic carbocycles. The molecule has 1 aliphatic heterocycles. The molecule has 20 heavy (non-hydrogen) atoms. The van der Waals surface area contributed by atoms with Crippen LogP contribution in [-0.4, -0.2) is 47.9 Å². The number of piperazine rings is 1. The Balaban J connectivity index is 0.00000200. The van der Waals surface area contributed by atoms with E-state index in [1.807, 2.05) is 26.0 Å². The van der Waals surface area contributed by atoms with Crippen molar-refractivity contribution >= 4 is 12.4 Å². The maximum atomic E-state index is 9.67. The van der Waals surface area contributed by atoms with Gasteiger partial charge in [-0.2, -0.15) is 0 Å². The third-order valence-electron chi connectivity index (χ3n) is 3.91. The summed E-state index contributed by atoms with van der Waals surface area (Å²) >= 11 is 0. The van der Waals surface area contributed by atoms with Crippen molar-refractivity contribution in [3.63, 3.8) is 0 Å². The molecule has 3 N–H and O–H groups in total. The summed E-state index contributed by atoms with van der Waals surface area (Å²) in [6, 6.07) is 3.87. The fourth-order valence-corrected chi connectivity index (χ4v) is 3.10. The van der Waals surface area contributed by atoms with Gasteiger partial charge in [-0.1, -0.05) is 0 Å². The van der Waals surface area contributed by atoms with E-state index in [0.717, 1.165) is 43.7 Å². The fraction of sp³-hybridized carbons (Fsp3) is 0.600. The molecule has 0 bridgehead atoms. The lowest BCUT2D eigenvalue weighted by atomic mass is 9.92. The lowest BCUT2D eigenvalue weighted by Gasteiger charge is -2.36. The molecule has 1 atom stereocenters. The maximum Gasteiger partial charge on any atom is 0.116 e.